The maximum absolute atomic E-state index is 13.3. The largest absolute Gasteiger partial charge is 0.335 e. The zero-order chi connectivity index (χ0) is 27.9. The van der Waals surface area contributed by atoms with E-state index in [4.69, 9.17) is 23.2 Å². The molecule has 0 aliphatic heterocycles. The van der Waals surface area contributed by atoms with Crippen molar-refractivity contribution in [3.63, 3.8) is 0 Å². The molecule has 0 radical (unpaired) electrons. The van der Waals surface area contributed by atoms with E-state index in [1.807, 2.05) is 28.8 Å². The van der Waals surface area contributed by atoms with Gasteiger partial charge in [-0.1, -0.05) is 114 Å². The maximum Gasteiger partial charge on any atom is 0.315 e. The van der Waals surface area contributed by atoms with Gasteiger partial charge in [0.15, 0.2) is 11.0 Å². The molecule has 6 nitrogen and oxygen atoms in total. The zero-order valence-corrected chi connectivity index (χ0v) is 24.8. The average molecular weight is 595 g/mol. The van der Waals surface area contributed by atoms with Gasteiger partial charge in [-0.05, 0) is 49.1 Å². The molecule has 40 heavy (non-hydrogen) atoms. The third kappa shape index (κ3) is 7.39. The fourth-order valence-electron chi connectivity index (χ4n) is 5.13. The van der Waals surface area contributed by atoms with E-state index >= 15 is 0 Å². The van der Waals surface area contributed by atoms with Gasteiger partial charge in [-0.3, -0.25) is 4.57 Å². The zero-order valence-electron chi connectivity index (χ0n) is 22.4. The highest BCUT2D eigenvalue weighted by Crippen LogP contribution is 2.33. The molecule has 2 N–H and O–H groups in total. The van der Waals surface area contributed by atoms with Crippen LogP contribution in [0.3, 0.4) is 0 Å². The van der Waals surface area contributed by atoms with Gasteiger partial charge in [-0.25, -0.2) is 4.79 Å². The summed E-state index contributed by atoms with van der Waals surface area (Å²) in [6, 6.07) is 23.4. The van der Waals surface area contributed by atoms with Crippen LogP contribution in [0.1, 0.15) is 60.7 Å². The Morgan fingerprint density at radius 3 is 2.50 bits per heavy atom. The van der Waals surface area contributed by atoms with Crippen LogP contribution in [0.5, 0.6) is 0 Å². The lowest BCUT2D eigenvalue weighted by molar-refractivity contribution is 0.228. The Hall–Kier alpha value is -3.00. The van der Waals surface area contributed by atoms with Crippen molar-refractivity contribution in [1.82, 2.24) is 25.4 Å². The monoisotopic (exact) mass is 593 g/mol. The minimum absolute atomic E-state index is 0.190. The summed E-state index contributed by atoms with van der Waals surface area (Å²) in [5, 5.41) is 17.3. The lowest BCUT2D eigenvalue weighted by Crippen LogP contribution is -2.45. The molecule has 9 heteroatoms. The number of rotatable bonds is 9. The molecule has 1 atom stereocenters. The summed E-state index contributed by atoms with van der Waals surface area (Å²) in [5.41, 5.74) is 4.19. The summed E-state index contributed by atoms with van der Waals surface area (Å²) < 4.78 is 1.95. The van der Waals surface area contributed by atoms with Gasteiger partial charge in [0.2, 0.25) is 0 Å². The molecule has 1 unspecified atom stereocenters. The van der Waals surface area contributed by atoms with Gasteiger partial charge in [0.1, 0.15) is 0 Å². The van der Waals surface area contributed by atoms with Crippen LogP contribution in [-0.2, 0) is 12.2 Å². The lowest BCUT2D eigenvalue weighted by Gasteiger charge is -2.25. The molecular formula is C31H33Cl2N5OS. The Bertz CT molecular complexity index is 1440. The van der Waals surface area contributed by atoms with Crippen LogP contribution in [0.2, 0.25) is 10.0 Å². The number of benzene rings is 3. The van der Waals surface area contributed by atoms with E-state index in [-0.39, 0.29) is 12.1 Å². The number of aromatic nitrogens is 3. The molecule has 4 aromatic rings. The molecule has 1 aromatic heterocycles. The number of nitrogens with one attached hydrogen (secondary N) is 2. The summed E-state index contributed by atoms with van der Waals surface area (Å²) in [7, 11) is 0. The predicted octanol–water partition coefficient (Wildman–Crippen LogP) is 8.09. The molecule has 1 fully saturated rings. The fraction of sp³-hybridized carbons (Fsp3) is 0.323. The van der Waals surface area contributed by atoms with Crippen LogP contribution in [-0.4, -0.2) is 26.8 Å². The number of aryl methyl sites for hydroxylation is 1. The van der Waals surface area contributed by atoms with E-state index in [0.29, 0.717) is 38.9 Å². The first-order chi connectivity index (χ1) is 19.5. The van der Waals surface area contributed by atoms with E-state index in [9.17, 15) is 4.79 Å². The number of hydrogen-bond acceptors (Lipinski definition) is 4. The first-order valence-corrected chi connectivity index (χ1v) is 15.4. The summed E-state index contributed by atoms with van der Waals surface area (Å²) in [4.78, 5) is 13.3. The normalized spacial score (nSPS) is 14.6. The number of nitrogens with zero attached hydrogens (tertiary/aromatic N) is 3. The third-order valence-electron chi connectivity index (χ3n) is 7.10. The van der Waals surface area contributed by atoms with Crippen molar-refractivity contribution in [3.05, 3.63) is 105 Å². The van der Waals surface area contributed by atoms with Gasteiger partial charge >= 0.3 is 6.03 Å². The second kappa shape index (κ2) is 13.6. The molecule has 1 heterocycles. The Balaban J connectivity index is 1.50. The molecule has 1 aliphatic rings. The van der Waals surface area contributed by atoms with E-state index in [2.05, 4.69) is 64.2 Å². The van der Waals surface area contributed by atoms with Crippen molar-refractivity contribution < 1.29 is 4.79 Å². The maximum atomic E-state index is 13.3. The van der Waals surface area contributed by atoms with Crippen molar-refractivity contribution in [2.24, 2.45) is 0 Å². The Kier molecular flexibility index (Phi) is 9.68. The Morgan fingerprint density at radius 2 is 1.75 bits per heavy atom. The molecular weight excluding hydrogens is 561 g/mol. The van der Waals surface area contributed by atoms with Crippen LogP contribution in [0.25, 0.3) is 5.69 Å². The molecule has 0 saturated heterocycles. The summed E-state index contributed by atoms with van der Waals surface area (Å²) in [6.07, 6.45) is 6.07. The standard InChI is InChI=1S/C31H33Cl2N5OS/c1-21-9-8-12-23(17-21)20-40-31-37-36-29(38(31)28-16-15-24(32)19-26(28)33)27(18-22-10-4-2-5-11-22)35-30(39)34-25-13-6-3-7-14-25/h2,4-5,8-12,15-17,19,25,27H,3,6-7,13-14,18,20H2,1H3,(H2,34,35,39). The Morgan fingerprint density at radius 1 is 0.975 bits per heavy atom. The van der Waals surface area contributed by atoms with Gasteiger partial charge in [0.25, 0.3) is 0 Å². The fourth-order valence-corrected chi connectivity index (χ4v) is 6.52. The van der Waals surface area contributed by atoms with Gasteiger partial charge in [0.05, 0.1) is 16.8 Å². The first-order valence-electron chi connectivity index (χ1n) is 13.7. The van der Waals surface area contributed by atoms with Gasteiger partial charge in [0, 0.05) is 23.2 Å². The lowest BCUT2D eigenvalue weighted by atomic mass is 9.96. The van der Waals surface area contributed by atoms with Crippen molar-refractivity contribution in [3.8, 4) is 5.69 Å². The average Bonchev–Trinajstić information content (AvgIpc) is 3.36. The van der Waals surface area contributed by atoms with Gasteiger partial charge < -0.3 is 10.6 Å². The number of amides is 2. The molecule has 0 spiro atoms. The van der Waals surface area contributed by atoms with Crippen LogP contribution < -0.4 is 10.6 Å². The summed E-state index contributed by atoms with van der Waals surface area (Å²) in [6.45, 7) is 2.08. The smallest absolute Gasteiger partial charge is 0.315 e. The number of carbonyl (C=O) groups is 1. The van der Waals surface area contributed by atoms with Crippen molar-refractivity contribution >= 4 is 41.0 Å². The number of hydrogen-bond donors (Lipinski definition) is 2. The van der Waals surface area contributed by atoms with E-state index in [1.54, 1.807) is 23.9 Å². The minimum atomic E-state index is -0.446. The second-order valence-corrected chi connectivity index (χ2v) is 12.0. The quantitative estimate of drug-likeness (QED) is 0.192. The topological polar surface area (TPSA) is 71.8 Å². The van der Waals surface area contributed by atoms with Crippen LogP contribution in [0, 0.1) is 6.92 Å². The van der Waals surface area contributed by atoms with Gasteiger partial charge in [-0.15, -0.1) is 10.2 Å². The Labute approximate surface area is 249 Å². The number of halogens is 2. The highest BCUT2D eigenvalue weighted by Gasteiger charge is 2.27. The molecule has 1 saturated carbocycles. The SMILES string of the molecule is Cc1cccc(CSc2nnc(C(Cc3ccccc3)NC(=O)NC3CCCCC3)n2-c2ccc(Cl)cc2Cl)c1. The van der Waals surface area contributed by atoms with E-state index in [0.717, 1.165) is 31.2 Å². The van der Waals surface area contributed by atoms with Crippen LogP contribution >= 0.6 is 35.0 Å². The molecule has 5 rings (SSSR count). The van der Waals surface area contributed by atoms with Crippen molar-refractivity contribution in [2.75, 3.05) is 0 Å². The van der Waals surface area contributed by atoms with E-state index < -0.39 is 6.04 Å². The molecule has 208 valence electrons. The minimum Gasteiger partial charge on any atom is -0.335 e. The molecule has 1 aliphatic carbocycles. The van der Waals surface area contributed by atoms with Crippen molar-refractivity contribution in [2.45, 2.75) is 68.4 Å². The molecule has 2 amide bonds. The van der Waals surface area contributed by atoms with Crippen LogP contribution in [0.4, 0.5) is 4.79 Å². The van der Waals surface area contributed by atoms with Crippen LogP contribution in [0.15, 0.2) is 78.0 Å². The number of urea groups is 1. The van der Waals surface area contributed by atoms with Crippen molar-refractivity contribution in [1.29, 1.82) is 0 Å². The highest BCUT2D eigenvalue weighted by atomic mass is 35.5. The predicted molar refractivity (Wildman–Crippen MR) is 164 cm³/mol. The second-order valence-electron chi connectivity index (χ2n) is 10.2. The van der Waals surface area contributed by atoms with E-state index in [1.165, 1.54) is 17.5 Å². The molecule has 0 bridgehead atoms. The summed E-state index contributed by atoms with van der Waals surface area (Å²) in [5.74, 6) is 1.32. The summed E-state index contributed by atoms with van der Waals surface area (Å²) >= 11 is 14.6. The number of carbonyl (C=O) groups excluding carboxylic acids is 1. The first kappa shape index (κ1) is 28.5. The highest BCUT2D eigenvalue weighted by molar-refractivity contribution is 7.98. The van der Waals surface area contributed by atoms with Gasteiger partial charge in [-0.2, -0.15) is 0 Å². The number of thioether (sulfide) groups is 1. The third-order valence-corrected chi connectivity index (χ3v) is 8.64. The molecule has 3 aromatic carbocycles.